The van der Waals surface area contributed by atoms with E-state index < -0.39 is 5.60 Å². The molecule has 5 heteroatoms. The fraction of sp³-hybridized carbons (Fsp3) is 0.545. The van der Waals surface area contributed by atoms with E-state index in [1.54, 1.807) is 19.1 Å². The van der Waals surface area contributed by atoms with Crippen molar-refractivity contribution in [2.45, 2.75) is 26.4 Å². The molecule has 1 heterocycles. The van der Waals surface area contributed by atoms with E-state index in [0.29, 0.717) is 4.67 Å². The number of carbonyl (C=O) groups is 1. The third-order valence-electron chi connectivity index (χ3n) is 2.65. The molecule has 2 N–H and O–H groups in total. The summed E-state index contributed by atoms with van der Waals surface area (Å²) in [6.45, 7) is 5.68. The van der Waals surface area contributed by atoms with Crippen LogP contribution in [0.3, 0.4) is 0 Å². The van der Waals surface area contributed by atoms with Crippen molar-refractivity contribution in [3.8, 4) is 0 Å². The molecular formula is C11H16BrNO3. The monoisotopic (exact) mass is 289 g/mol. The van der Waals surface area contributed by atoms with E-state index in [-0.39, 0.29) is 24.1 Å². The second-order valence-corrected chi connectivity index (χ2v) is 5.08. The Kier molecular flexibility index (Phi) is 4.15. The molecule has 0 saturated heterocycles. The van der Waals surface area contributed by atoms with E-state index in [0.717, 1.165) is 0 Å². The van der Waals surface area contributed by atoms with Crippen molar-refractivity contribution >= 4 is 21.8 Å². The molecule has 0 aromatic carbocycles. The van der Waals surface area contributed by atoms with Gasteiger partial charge in [0.05, 0.1) is 5.60 Å². The molecule has 0 spiro atoms. The molecule has 1 aromatic rings. The maximum Gasteiger partial charge on any atom is 0.287 e. The number of hydrogen-bond acceptors (Lipinski definition) is 3. The van der Waals surface area contributed by atoms with Gasteiger partial charge in [-0.15, -0.1) is 0 Å². The number of hydrogen-bond donors (Lipinski definition) is 2. The largest absolute Gasteiger partial charge is 0.444 e. The second-order valence-electron chi connectivity index (χ2n) is 4.30. The van der Waals surface area contributed by atoms with Crippen LogP contribution in [0.4, 0.5) is 0 Å². The van der Waals surface area contributed by atoms with Gasteiger partial charge in [-0.05, 0) is 40.9 Å². The SMILES string of the molecule is CC(C)C(C)(O)CNC(=O)c1ccc(Br)o1. The molecule has 0 radical (unpaired) electrons. The minimum absolute atomic E-state index is 0.0659. The van der Waals surface area contributed by atoms with Crippen LogP contribution in [-0.4, -0.2) is 23.2 Å². The Morgan fingerprint density at radius 1 is 1.62 bits per heavy atom. The average Bonchev–Trinajstić information content (AvgIpc) is 2.61. The predicted octanol–water partition coefficient (Wildman–Crippen LogP) is 2.18. The summed E-state index contributed by atoms with van der Waals surface area (Å²) in [5, 5.41) is 12.6. The van der Waals surface area contributed by atoms with Crippen LogP contribution in [0, 0.1) is 5.92 Å². The Hall–Kier alpha value is -0.810. The molecule has 0 aliphatic heterocycles. The first-order valence-electron chi connectivity index (χ1n) is 5.09. The minimum Gasteiger partial charge on any atom is -0.444 e. The van der Waals surface area contributed by atoms with Gasteiger partial charge in [-0.25, -0.2) is 0 Å². The second kappa shape index (κ2) is 5.01. The molecular weight excluding hydrogens is 274 g/mol. The maximum absolute atomic E-state index is 11.6. The molecule has 0 aliphatic carbocycles. The van der Waals surface area contributed by atoms with Crippen LogP contribution in [0.5, 0.6) is 0 Å². The fourth-order valence-corrected chi connectivity index (χ4v) is 1.29. The summed E-state index contributed by atoms with van der Waals surface area (Å²) >= 11 is 3.12. The maximum atomic E-state index is 11.6. The van der Waals surface area contributed by atoms with Crippen molar-refractivity contribution in [1.82, 2.24) is 5.32 Å². The van der Waals surface area contributed by atoms with Crippen LogP contribution in [0.15, 0.2) is 21.2 Å². The highest BCUT2D eigenvalue weighted by molar-refractivity contribution is 9.10. The zero-order valence-electron chi connectivity index (χ0n) is 9.58. The number of amides is 1. The lowest BCUT2D eigenvalue weighted by Crippen LogP contribution is -2.44. The average molecular weight is 290 g/mol. The first-order chi connectivity index (χ1) is 7.33. The highest BCUT2D eigenvalue weighted by Gasteiger charge is 2.25. The smallest absolute Gasteiger partial charge is 0.287 e. The van der Waals surface area contributed by atoms with Crippen LogP contribution in [0.25, 0.3) is 0 Å². The lowest BCUT2D eigenvalue weighted by Gasteiger charge is -2.27. The fourth-order valence-electron chi connectivity index (χ4n) is 0.987. The lowest BCUT2D eigenvalue weighted by molar-refractivity contribution is 0.0139. The topological polar surface area (TPSA) is 62.5 Å². The summed E-state index contributed by atoms with van der Waals surface area (Å²) in [6, 6.07) is 3.22. The van der Waals surface area contributed by atoms with E-state index in [9.17, 15) is 9.90 Å². The molecule has 90 valence electrons. The van der Waals surface area contributed by atoms with Gasteiger partial charge in [-0.1, -0.05) is 13.8 Å². The first-order valence-corrected chi connectivity index (χ1v) is 5.88. The van der Waals surface area contributed by atoms with Crippen LogP contribution in [0.2, 0.25) is 0 Å². The van der Waals surface area contributed by atoms with E-state index in [1.807, 2.05) is 13.8 Å². The van der Waals surface area contributed by atoms with Crippen molar-refractivity contribution < 1.29 is 14.3 Å². The van der Waals surface area contributed by atoms with Crippen molar-refractivity contribution in [2.75, 3.05) is 6.54 Å². The molecule has 0 saturated carbocycles. The highest BCUT2D eigenvalue weighted by Crippen LogP contribution is 2.16. The molecule has 4 nitrogen and oxygen atoms in total. The van der Waals surface area contributed by atoms with Crippen LogP contribution >= 0.6 is 15.9 Å². The molecule has 1 atom stereocenters. The van der Waals surface area contributed by atoms with E-state index in [1.165, 1.54) is 0 Å². The molecule has 0 fully saturated rings. The van der Waals surface area contributed by atoms with Gasteiger partial charge in [-0.3, -0.25) is 4.79 Å². The Morgan fingerprint density at radius 2 is 2.25 bits per heavy atom. The summed E-state index contributed by atoms with van der Waals surface area (Å²) in [7, 11) is 0. The van der Waals surface area contributed by atoms with Crippen molar-refractivity contribution in [3.63, 3.8) is 0 Å². The van der Waals surface area contributed by atoms with Crippen LogP contribution in [-0.2, 0) is 0 Å². The third-order valence-corrected chi connectivity index (χ3v) is 3.07. The van der Waals surface area contributed by atoms with Gasteiger partial charge in [0.2, 0.25) is 0 Å². The molecule has 16 heavy (non-hydrogen) atoms. The van der Waals surface area contributed by atoms with Gasteiger partial charge >= 0.3 is 0 Å². The molecule has 1 rings (SSSR count). The Balaban J connectivity index is 2.54. The van der Waals surface area contributed by atoms with E-state index in [2.05, 4.69) is 21.2 Å². The number of aliphatic hydroxyl groups is 1. The van der Waals surface area contributed by atoms with Crippen molar-refractivity contribution in [3.05, 3.63) is 22.6 Å². The van der Waals surface area contributed by atoms with Gasteiger partial charge in [-0.2, -0.15) is 0 Å². The normalized spacial score (nSPS) is 14.9. The summed E-state index contributed by atoms with van der Waals surface area (Å²) < 4.78 is 5.60. The lowest BCUT2D eigenvalue weighted by atomic mass is 9.92. The Bertz CT molecular complexity index is 371. The Morgan fingerprint density at radius 3 is 2.69 bits per heavy atom. The van der Waals surface area contributed by atoms with Crippen molar-refractivity contribution in [1.29, 1.82) is 0 Å². The molecule has 1 amide bonds. The standard InChI is InChI=1S/C11H16BrNO3/c1-7(2)11(3,15)6-13-10(14)8-4-5-9(12)16-8/h4-5,7,15H,6H2,1-3H3,(H,13,14). The van der Waals surface area contributed by atoms with Gasteiger partial charge in [0.25, 0.3) is 5.91 Å². The molecule has 1 aromatic heterocycles. The Labute approximate surface area is 103 Å². The predicted molar refractivity (Wildman–Crippen MR) is 64.2 cm³/mol. The first kappa shape index (κ1) is 13.3. The van der Waals surface area contributed by atoms with Gasteiger partial charge in [0.15, 0.2) is 10.4 Å². The van der Waals surface area contributed by atoms with Gasteiger partial charge in [0, 0.05) is 6.54 Å². The highest BCUT2D eigenvalue weighted by atomic mass is 79.9. The number of rotatable bonds is 4. The zero-order valence-corrected chi connectivity index (χ0v) is 11.2. The van der Waals surface area contributed by atoms with E-state index >= 15 is 0 Å². The van der Waals surface area contributed by atoms with Crippen LogP contribution < -0.4 is 5.32 Å². The number of halogens is 1. The van der Waals surface area contributed by atoms with Crippen LogP contribution in [0.1, 0.15) is 31.3 Å². The van der Waals surface area contributed by atoms with Gasteiger partial charge in [0.1, 0.15) is 0 Å². The quantitative estimate of drug-likeness (QED) is 0.893. The summed E-state index contributed by atoms with van der Waals surface area (Å²) in [4.78, 5) is 11.6. The zero-order chi connectivity index (χ0) is 12.3. The number of carbonyl (C=O) groups excluding carboxylic acids is 1. The third kappa shape index (κ3) is 3.35. The molecule has 0 aliphatic rings. The van der Waals surface area contributed by atoms with Crippen molar-refractivity contribution in [2.24, 2.45) is 5.92 Å². The summed E-state index contributed by atoms with van der Waals surface area (Å²) in [5.74, 6) is -0.0332. The minimum atomic E-state index is -0.917. The summed E-state index contributed by atoms with van der Waals surface area (Å²) in [5.41, 5.74) is -0.917. The van der Waals surface area contributed by atoms with Gasteiger partial charge < -0.3 is 14.8 Å². The number of furan rings is 1. The molecule has 1 unspecified atom stereocenters. The summed E-state index contributed by atoms with van der Waals surface area (Å²) in [6.07, 6.45) is 0. The molecule has 0 bridgehead atoms. The number of nitrogens with one attached hydrogen (secondary N) is 1. The van der Waals surface area contributed by atoms with E-state index in [4.69, 9.17) is 4.42 Å².